The molecule has 1 N–H and O–H groups in total. The summed E-state index contributed by atoms with van der Waals surface area (Å²) >= 11 is 0. The fourth-order valence-corrected chi connectivity index (χ4v) is 2.75. The first-order valence-electron chi connectivity index (χ1n) is 7.97. The van der Waals surface area contributed by atoms with Crippen molar-refractivity contribution >= 4 is 5.91 Å². The van der Waals surface area contributed by atoms with E-state index in [0.717, 1.165) is 25.1 Å². The van der Waals surface area contributed by atoms with E-state index in [1.165, 1.54) is 44.5 Å². The number of hydrogen-bond donors (Lipinski definition) is 1. The highest BCUT2D eigenvalue weighted by Gasteiger charge is 2.09. The van der Waals surface area contributed by atoms with E-state index in [0.29, 0.717) is 12.8 Å². The van der Waals surface area contributed by atoms with Gasteiger partial charge in [0, 0.05) is 13.0 Å². The molecule has 1 saturated heterocycles. The van der Waals surface area contributed by atoms with Crippen molar-refractivity contribution in [1.29, 1.82) is 0 Å². The summed E-state index contributed by atoms with van der Waals surface area (Å²) in [6.07, 6.45) is 5.99. The molecule has 2 rings (SSSR count). The molecule has 0 unspecified atom stereocenters. The summed E-state index contributed by atoms with van der Waals surface area (Å²) in [6.45, 7) is 4.21. The molecule has 21 heavy (non-hydrogen) atoms. The third-order valence-electron chi connectivity index (χ3n) is 3.95. The van der Waals surface area contributed by atoms with Crippen molar-refractivity contribution in [1.82, 2.24) is 10.2 Å². The average Bonchev–Trinajstić information content (AvgIpc) is 2.51. The van der Waals surface area contributed by atoms with E-state index in [1.807, 2.05) is 6.07 Å². The van der Waals surface area contributed by atoms with Gasteiger partial charge >= 0.3 is 0 Å². The monoisotopic (exact) mass is 292 g/mol. The molecule has 1 amide bonds. The van der Waals surface area contributed by atoms with E-state index in [-0.39, 0.29) is 11.7 Å². The minimum atomic E-state index is -0.241. The van der Waals surface area contributed by atoms with Crippen LogP contribution < -0.4 is 5.32 Å². The Morgan fingerprint density at radius 3 is 2.81 bits per heavy atom. The van der Waals surface area contributed by atoms with Crippen LogP contribution in [0.2, 0.25) is 0 Å². The van der Waals surface area contributed by atoms with Crippen LogP contribution in [0.4, 0.5) is 4.39 Å². The number of aryl methyl sites for hydroxylation is 1. The van der Waals surface area contributed by atoms with Crippen LogP contribution >= 0.6 is 0 Å². The molecule has 0 saturated carbocycles. The summed E-state index contributed by atoms with van der Waals surface area (Å²) in [6, 6.07) is 6.45. The van der Waals surface area contributed by atoms with Crippen molar-refractivity contribution in [2.45, 2.75) is 38.5 Å². The Morgan fingerprint density at radius 2 is 2.05 bits per heavy atom. The largest absolute Gasteiger partial charge is 0.356 e. The molecule has 0 aromatic heterocycles. The molecule has 3 nitrogen and oxygen atoms in total. The van der Waals surface area contributed by atoms with Crippen molar-refractivity contribution in [3.05, 3.63) is 35.6 Å². The molecule has 0 spiro atoms. The van der Waals surface area contributed by atoms with Gasteiger partial charge in [0.1, 0.15) is 5.82 Å². The quantitative estimate of drug-likeness (QED) is 0.784. The van der Waals surface area contributed by atoms with Gasteiger partial charge in [0.15, 0.2) is 0 Å². The predicted molar refractivity (Wildman–Crippen MR) is 82.6 cm³/mol. The number of piperidine rings is 1. The van der Waals surface area contributed by atoms with Crippen LogP contribution in [0.15, 0.2) is 24.3 Å². The maximum atomic E-state index is 13.0. The van der Waals surface area contributed by atoms with Gasteiger partial charge in [-0.1, -0.05) is 18.6 Å². The maximum absolute atomic E-state index is 13.0. The molecule has 0 atom stereocenters. The molecule has 1 aliphatic heterocycles. The van der Waals surface area contributed by atoms with Gasteiger partial charge in [-0.05, 0) is 63.0 Å². The Morgan fingerprint density at radius 1 is 1.24 bits per heavy atom. The number of nitrogens with zero attached hydrogens (tertiary/aromatic N) is 1. The highest BCUT2D eigenvalue weighted by molar-refractivity contribution is 5.76. The standard InChI is InChI=1S/C17H25FN2O/c18-16-7-4-6-15(14-16)8-9-17(21)19-10-5-13-20-11-2-1-3-12-20/h4,6-7,14H,1-3,5,8-13H2,(H,19,21). The Hall–Kier alpha value is -1.42. The zero-order valence-electron chi connectivity index (χ0n) is 12.6. The molecule has 0 aliphatic carbocycles. The molecule has 1 aliphatic rings. The lowest BCUT2D eigenvalue weighted by Gasteiger charge is -2.26. The van der Waals surface area contributed by atoms with Crippen LogP contribution in [-0.2, 0) is 11.2 Å². The lowest BCUT2D eigenvalue weighted by atomic mass is 10.1. The van der Waals surface area contributed by atoms with E-state index < -0.39 is 0 Å². The number of halogens is 1. The molecular formula is C17H25FN2O. The van der Waals surface area contributed by atoms with Crippen molar-refractivity contribution in [3.63, 3.8) is 0 Å². The molecule has 0 bridgehead atoms. The highest BCUT2D eigenvalue weighted by atomic mass is 19.1. The van der Waals surface area contributed by atoms with Crippen LogP contribution in [0.5, 0.6) is 0 Å². The topological polar surface area (TPSA) is 32.3 Å². The second kappa shape index (κ2) is 8.78. The Labute approximate surface area is 126 Å². The minimum absolute atomic E-state index is 0.0536. The third kappa shape index (κ3) is 6.25. The van der Waals surface area contributed by atoms with Gasteiger partial charge in [-0.2, -0.15) is 0 Å². The number of nitrogens with one attached hydrogen (secondary N) is 1. The number of carbonyl (C=O) groups is 1. The van der Waals surface area contributed by atoms with Crippen LogP contribution in [0, 0.1) is 5.82 Å². The van der Waals surface area contributed by atoms with Crippen molar-refractivity contribution in [2.75, 3.05) is 26.2 Å². The Balaban J connectivity index is 1.55. The summed E-state index contributed by atoms with van der Waals surface area (Å²) in [5.41, 5.74) is 0.874. The number of benzene rings is 1. The van der Waals surface area contributed by atoms with Crippen LogP contribution in [0.1, 0.15) is 37.7 Å². The minimum Gasteiger partial charge on any atom is -0.356 e. The second-order valence-corrected chi connectivity index (χ2v) is 5.74. The molecule has 4 heteroatoms. The Bertz CT molecular complexity index is 444. The van der Waals surface area contributed by atoms with E-state index in [2.05, 4.69) is 10.2 Å². The average molecular weight is 292 g/mol. The number of hydrogen-bond acceptors (Lipinski definition) is 2. The summed E-state index contributed by atoms with van der Waals surface area (Å²) in [4.78, 5) is 14.2. The van der Waals surface area contributed by atoms with Gasteiger partial charge in [0.25, 0.3) is 0 Å². The van der Waals surface area contributed by atoms with Gasteiger partial charge in [-0.3, -0.25) is 4.79 Å². The SMILES string of the molecule is O=C(CCc1cccc(F)c1)NCCCN1CCCCC1. The van der Waals surface area contributed by atoms with E-state index in [4.69, 9.17) is 0 Å². The third-order valence-corrected chi connectivity index (χ3v) is 3.95. The zero-order valence-corrected chi connectivity index (χ0v) is 12.6. The fourth-order valence-electron chi connectivity index (χ4n) is 2.75. The van der Waals surface area contributed by atoms with Gasteiger partial charge in [0.05, 0.1) is 0 Å². The van der Waals surface area contributed by atoms with Crippen molar-refractivity contribution < 1.29 is 9.18 Å². The summed E-state index contributed by atoms with van der Waals surface area (Å²) in [7, 11) is 0. The van der Waals surface area contributed by atoms with Crippen LogP contribution in [0.25, 0.3) is 0 Å². The number of rotatable bonds is 7. The smallest absolute Gasteiger partial charge is 0.220 e. The number of amides is 1. The van der Waals surface area contributed by atoms with Crippen molar-refractivity contribution in [2.24, 2.45) is 0 Å². The van der Waals surface area contributed by atoms with E-state index >= 15 is 0 Å². The second-order valence-electron chi connectivity index (χ2n) is 5.74. The first kappa shape index (κ1) is 16.0. The maximum Gasteiger partial charge on any atom is 0.220 e. The summed E-state index contributed by atoms with van der Waals surface area (Å²) < 4.78 is 13.0. The molecule has 0 radical (unpaired) electrons. The highest BCUT2D eigenvalue weighted by Crippen LogP contribution is 2.08. The predicted octanol–water partition coefficient (Wildman–Crippen LogP) is 2.75. The molecule has 1 fully saturated rings. The number of carbonyl (C=O) groups excluding carboxylic acids is 1. The van der Waals surface area contributed by atoms with Gasteiger partial charge < -0.3 is 10.2 Å². The normalized spacial score (nSPS) is 15.9. The summed E-state index contributed by atoms with van der Waals surface area (Å²) in [5.74, 6) is -0.188. The van der Waals surface area contributed by atoms with Crippen molar-refractivity contribution in [3.8, 4) is 0 Å². The Kier molecular flexibility index (Phi) is 6.67. The molecule has 1 aromatic carbocycles. The molecule has 1 heterocycles. The van der Waals surface area contributed by atoms with Gasteiger partial charge in [0.2, 0.25) is 5.91 Å². The first-order valence-corrected chi connectivity index (χ1v) is 7.97. The van der Waals surface area contributed by atoms with Crippen LogP contribution in [-0.4, -0.2) is 37.0 Å². The van der Waals surface area contributed by atoms with E-state index in [9.17, 15) is 9.18 Å². The first-order chi connectivity index (χ1) is 10.2. The van der Waals surface area contributed by atoms with Gasteiger partial charge in [-0.25, -0.2) is 4.39 Å². The molecular weight excluding hydrogens is 267 g/mol. The number of likely N-dealkylation sites (tertiary alicyclic amines) is 1. The molecule has 116 valence electrons. The fraction of sp³-hybridized carbons (Fsp3) is 0.588. The zero-order chi connectivity index (χ0) is 14.9. The summed E-state index contributed by atoms with van der Waals surface area (Å²) in [5, 5.41) is 2.95. The van der Waals surface area contributed by atoms with Crippen LogP contribution in [0.3, 0.4) is 0 Å². The van der Waals surface area contributed by atoms with E-state index in [1.54, 1.807) is 6.07 Å². The lowest BCUT2D eigenvalue weighted by Crippen LogP contribution is -2.33. The lowest BCUT2D eigenvalue weighted by molar-refractivity contribution is -0.121. The van der Waals surface area contributed by atoms with Gasteiger partial charge in [-0.15, -0.1) is 0 Å². The molecule has 1 aromatic rings.